The number of nitrogens with one attached hydrogen (secondary N) is 1. The summed E-state index contributed by atoms with van der Waals surface area (Å²) in [5.74, 6) is 0.253. The molecule has 5 nitrogen and oxygen atoms in total. The van der Waals surface area contributed by atoms with Crippen LogP contribution in [0.2, 0.25) is 0 Å². The van der Waals surface area contributed by atoms with Gasteiger partial charge in [-0.1, -0.05) is 30.3 Å². The molecule has 2 rings (SSSR count). The Labute approximate surface area is 125 Å². The molecule has 1 saturated heterocycles. The van der Waals surface area contributed by atoms with E-state index in [1.165, 1.54) is 6.92 Å². The largest absolute Gasteiger partial charge is 0.356 e. The Morgan fingerprint density at radius 2 is 2.10 bits per heavy atom. The first-order chi connectivity index (χ1) is 10.1. The molecule has 5 heteroatoms. The molecule has 3 N–H and O–H groups in total. The molecule has 0 aromatic heterocycles. The standard InChI is InChI=1S/C16H23N3O2/c1-12(20)18-10-13-6-5-9-19(11-13)16(21)15(17)14-7-3-2-4-8-14/h2-4,7-8,13,15H,5-6,9-11,17H2,1H3,(H,18,20). The van der Waals surface area contributed by atoms with Gasteiger partial charge in [-0.3, -0.25) is 9.59 Å². The number of rotatable bonds is 4. The summed E-state index contributed by atoms with van der Waals surface area (Å²) in [6.07, 6.45) is 1.99. The fourth-order valence-corrected chi connectivity index (χ4v) is 2.72. The highest BCUT2D eigenvalue weighted by Crippen LogP contribution is 2.20. The van der Waals surface area contributed by atoms with E-state index < -0.39 is 6.04 Å². The molecule has 2 atom stereocenters. The van der Waals surface area contributed by atoms with Crippen molar-refractivity contribution in [3.63, 3.8) is 0 Å². The van der Waals surface area contributed by atoms with Gasteiger partial charge in [0.2, 0.25) is 11.8 Å². The van der Waals surface area contributed by atoms with Crippen LogP contribution in [0.25, 0.3) is 0 Å². The van der Waals surface area contributed by atoms with Crippen molar-refractivity contribution in [3.8, 4) is 0 Å². The van der Waals surface area contributed by atoms with Gasteiger partial charge in [0.25, 0.3) is 0 Å². The maximum Gasteiger partial charge on any atom is 0.244 e. The minimum Gasteiger partial charge on any atom is -0.356 e. The summed E-state index contributed by atoms with van der Waals surface area (Å²) >= 11 is 0. The van der Waals surface area contributed by atoms with Crippen LogP contribution in [0.3, 0.4) is 0 Å². The number of hydrogen-bond donors (Lipinski definition) is 2. The van der Waals surface area contributed by atoms with Gasteiger partial charge in [-0.2, -0.15) is 0 Å². The van der Waals surface area contributed by atoms with Gasteiger partial charge in [0.1, 0.15) is 6.04 Å². The average Bonchev–Trinajstić information content (AvgIpc) is 2.52. The molecule has 0 aliphatic carbocycles. The fraction of sp³-hybridized carbons (Fsp3) is 0.500. The molecule has 114 valence electrons. The lowest BCUT2D eigenvalue weighted by molar-refractivity contribution is -0.134. The molecule has 1 aliphatic rings. The maximum absolute atomic E-state index is 12.5. The van der Waals surface area contributed by atoms with Crippen molar-refractivity contribution in [2.45, 2.75) is 25.8 Å². The Morgan fingerprint density at radius 3 is 2.76 bits per heavy atom. The highest BCUT2D eigenvalue weighted by Gasteiger charge is 2.27. The molecule has 0 spiro atoms. The van der Waals surface area contributed by atoms with Crippen molar-refractivity contribution in [3.05, 3.63) is 35.9 Å². The first kappa shape index (κ1) is 15.5. The van der Waals surface area contributed by atoms with Crippen LogP contribution in [0.4, 0.5) is 0 Å². The summed E-state index contributed by atoms with van der Waals surface area (Å²) in [6.45, 7) is 3.55. The highest BCUT2D eigenvalue weighted by molar-refractivity contribution is 5.83. The third-order valence-corrected chi connectivity index (χ3v) is 3.90. The number of amides is 2. The van der Waals surface area contributed by atoms with Gasteiger partial charge in [0.05, 0.1) is 0 Å². The predicted octanol–water partition coefficient (Wildman–Crippen LogP) is 1.06. The predicted molar refractivity (Wildman–Crippen MR) is 81.4 cm³/mol. The van der Waals surface area contributed by atoms with Crippen LogP contribution in [0, 0.1) is 5.92 Å². The lowest BCUT2D eigenvalue weighted by Crippen LogP contribution is -2.46. The van der Waals surface area contributed by atoms with Gasteiger partial charge >= 0.3 is 0 Å². The van der Waals surface area contributed by atoms with Gasteiger partial charge in [0, 0.05) is 26.6 Å². The Kier molecular flexibility index (Phi) is 5.33. The third-order valence-electron chi connectivity index (χ3n) is 3.90. The zero-order valence-electron chi connectivity index (χ0n) is 12.4. The first-order valence-electron chi connectivity index (χ1n) is 7.41. The van der Waals surface area contributed by atoms with Crippen molar-refractivity contribution in [1.29, 1.82) is 0 Å². The van der Waals surface area contributed by atoms with Gasteiger partial charge < -0.3 is 16.0 Å². The summed E-state index contributed by atoms with van der Waals surface area (Å²) in [5.41, 5.74) is 6.92. The Morgan fingerprint density at radius 1 is 1.38 bits per heavy atom. The molecular weight excluding hydrogens is 266 g/mol. The number of hydrogen-bond acceptors (Lipinski definition) is 3. The maximum atomic E-state index is 12.5. The molecule has 1 aromatic rings. The second-order valence-electron chi connectivity index (χ2n) is 5.62. The summed E-state index contributed by atoms with van der Waals surface area (Å²) in [4.78, 5) is 25.3. The van der Waals surface area contributed by atoms with Crippen molar-refractivity contribution in [2.75, 3.05) is 19.6 Å². The molecule has 1 aromatic carbocycles. The second-order valence-corrected chi connectivity index (χ2v) is 5.62. The van der Waals surface area contributed by atoms with Crippen LogP contribution in [0.1, 0.15) is 31.4 Å². The van der Waals surface area contributed by atoms with Crippen LogP contribution in [-0.2, 0) is 9.59 Å². The van der Waals surface area contributed by atoms with E-state index in [0.29, 0.717) is 19.0 Å². The van der Waals surface area contributed by atoms with E-state index in [1.807, 2.05) is 35.2 Å². The fourth-order valence-electron chi connectivity index (χ4n) is 2.72. The minimum absolute atomic E-state index is 0.0283. The average molecular weight is 289 g/mol. The van der Waals surface area contributed by atoms with Crippen LogP contribution in [0.5, 0.6) is 0 Å². The number of nitrogens with two attached hydrogens (primary N) is 1. The van der Waals surface area contributed by atoms with Gasteiger partial charge in [-0.05, 0) is 24.3 Å². The van der Waals surface area contributed by atoms with Crippen molar-refractivity contribution >= 4 is 11.8 Å². The summed E-state index contributed by atoms with van der Waals surface area (Å²) < 4.78 is 0. The molecular formula is C16H23N3O2. The Balaban J connectivity index is 1.94. The molecule has 2 unspecified atom stereocenters. The van der Waals surface area contributed by atoms with E-state index in [9.17, 15) is 9.59 Å². The summed E-state index contributed by atoms with van der Waals surface area (Å²) in [5, 5.41) is 2.83. The molecule has 1 fully saturated rings. The number of carbonyl (C=O) groups is 2. The molecule has 1 aliphatic heterocycles. The lowest BCUT2D eigenvalue weighted by Gasteiger charge is -2.34. The minimum atomic E-state index is -0.606. The number of carbonyl (C=O) groups excluding carboxylic acids is 2. The smallest absolute Gasteiger partial charge is 0.244 e. The lowest BCUT2D eigenvalue weighted by atomic mass is 9.96. The van der Waals surface area contributed by atoms with Crippen LogP contribution in [-0.4, -0.2) is 36.3 Å². The van der Waals surface area contributed by atoms with Crippen molar-refractivity contribution in [2.24, 2.45) is 11.7 Å². The van der Waals surface area contributed by atoms with Gasteiger partial charge in [0.15, 0.2) is 0 Å². The number of benzene rings is 1. The van der Waals surface area contributed by atoms with Crippen LogP contribution >= 0.6 is 0 Å². The molecule has 1 heterocycles. The van der Waals surface area contributed by atoms with Gasteiger partial charge in [-0.25, -0.2) is 0 Å². The number of likely N-dealkylation sites (tertiary alicyclic amines) is 1. The molecule has 0 radical (unpaired) electrons. The van der Waals surface area contributed by atoms with E-state index in [0.717, 1.165) is 24.9 Å². The van der Waals surface area contributed by atoms with Crippen LogP contribution < -0.4 is 11.1 Å². The molecule has 2 amide bonds. The third kappa shape index (κ3) is 4.29. The van der Waals surface area contributed by atoms with E-state index in [1.54, 1.807) is 0 Å². The molecule has 0 saturated carbocycles. The Hall–Kier alpha value is -1.88. The summed E-state index contributed by atoms with van der Waals surface area (Å²) in [7, 11) is 0. The quantitative estimate of drug-likeness (QED) is 0.870. The zero-order valence-corrected chi connectivity index (χ0v) is 12.4. The molecule has 21 heavy (non-hydrogen) atoms. The highest BCUT2D eigenvalue weighted by atomic mass is 16.2. The zero-order chi connectivity index (χ0) is 15.2. The Bertz CT molecular complexity index is 490. The van der Waals surface area contributed by atoms with Crippen LogP contribution in [0.15, 0.2) is 30.3 Å². The normalized spacial score (nSPS) is 19.9. The SMILES string of the molecule is CC(=O)NCC1CCCN(C(=O)C(N)c2ccccc2)C1. The first-order valence-corrected chi connectivity index (χ1v) is 7.41. The molecule has 0 bridgehead atoms. The van der Waals surface area contributed by atoms with E-state index >= 15 is 0 Å². The second kappa shape index (κ2) is 7.22. The number of piperidine rings is 1. The number of nitrogens with zero attached hydrogens (tertiary/aromatic N) is 1. The van der Waals surface area contributed by atoms with E-state index in [4.69, 9.17) is 5.73 Å². The van der Waals surface area contributed by atoms with Gasteiger partial charge in [-0.15, -0.1) is 0 Å². The van der Waals surface area contributed by atoms with Crippen molar-refractivity contribution < 1.29 is 9.59 Å². The monoisotopic (exact) mass is 289 g/mol. The van der Waals surface area contributed by atoms with Crippen molar-refractivity contribution in [1.82, 2.24) is 10.2 Å². The summed E-state index contributed by atoms with van der Waals surface area (Å²) in [6, 6.07) is 8.83. The topological polar surface area (TPSA) is 75.4 Å². The van der Waals surface area contributed by atoms with E-state index in [-0.39, 0.29) is 11.8 Å². The van der Waals surface area contributed by atoms with E-state index in [2.05, 4.69) is 5.32 Å².